The highest BCUT2D eigenvalue weighted by atomic mass is 32.9. The number of benzene rings is 1. The first-order chi connectivity index (χ1) is 8.48. The van der Waals surface area contributed by atoms with Crippen molar-refractivity contribution in [3.8, 4) is 5.75 Å². The SMILES string of the molecule is CCCC(CCC)c1ccccc1OP(O)(=S)S. The summed E-state index contributed by atoms with van der Waals surface area (Å²) in [5.41, 5.74) is -1.83. The van der Waals surface area contributed by atoms with E-state index in [1.807, 2.05) is 18.2 Å². The van der Waals surface area contributed by atoms with E-state index >= 15 is 0 Å². The van der Waals surface area contributed by atoms with E-state index in [1.165, 1.54) is 0 Å². The third-order valence-electron chi connectivity index (χ3n) is 2.85. The molecule has 1 aromatic rings. The highest BCUT2D eigenvalue weighted by Gasteiger charge is 2.17. The van der Waals surface area contributed by atoms with Gasteiger partial charge < -0.3 is 9.42 Å². The van der Waals surface area contributed by atoms with Crippen molar-refractivity contribution in [2.45, 2.75) is 45.4 Å². The van der Waals surface area contributed by atoms with Crippen molar-refractivity contribution >= 4 is 29.7 Å². The second-order valence-corrected chi connectivity index (χ2v) is 9.48. The predicted molar refractivity (Wildman–Crippen MR) is 85.1 cm³/mol. The Kier molecular flexibility index (Phi) is 6.72. The topological polar surface area (TPSA) is 29.5 Å². The molecule has 0 aliphatic heterocycles. The summed E-state index contributed by atoms with van der Waals surface area (Å²) < 4.78 is 5.45. The van der Waals surface area contributed by atoms with Crippen LogP contribution in [0.25, 0.3) is 0 Å². The van der Waals surface area contributed by atoms with Gasteiger partial charge in [-0.15, -0.1) is 0 Å². The number of rotatable bonds is 7. The molecular formula is C13H21O2PS2. The lowest BCUT2D eigenvalue weighted by molar-refractivity contribution is 0.485. The molecule has 102 valence electrons. The molecule has 1 aromatic carbocycles. The quantitative estimate of drug-likeness (QED) is 0.555. The summed E-state index contributed by atoms with van der Waals surface area (Å²) in [5, 5.41) is 0. The Hall–Kier alpha value is -0.0200. The van der Waals surface area contributed by atoms with Gasteiger partial charge in [0.05, 0.1) is 0 Å². The van der Waals surface area contributed by atoms with Gasteiger partial charge in [-0.05, 0) is 42.2 Å². The van der Waals surface area contributed by atoms with Gasteiger partial charge in [0.25, 0.3) is 5.69 Å². The lowest BCUT2D eigenvalue weighted by Crippen LogP contribution is -2.01. The first kappa shape index (κ1) is 16.0. The lowest BCUT2D eigenvalue weighted by atomic mass is 9.90. The normalized spacial score (nSPS) is 14.5. The third kappa shape index (κ3) is 5.31. The zero-order valence-corrected chi connectivity index (χ0v) is 13.5. The Morgan fingerprint density at radius 2 is 1.83 bits per heavy atom. The minimum Gasteiger partial charge on any atom is -0.436 e. The van der Waals surface area contributed by atoms with Gasteiger partial charge in [-0.2, -0.15) is 0 Å². The van der Waals surface area contributed by atoms with Crippen molar-refractivity contribution in [3.05, 3.63) is 29.8 Å². The molecule has 1 N–H and O–H groups in total. The predicted octanol–water partition coefficient (Wildman–Crippen LogP) is 4.90. The number of hydrogen-bond donors (Lipinski definition) is 2. The average molecular weight is 304 g/mol. The van der Waals surface area contributed by atoms with Crippen molar-refractivity contribution in [3.63, 3.8) is 0 Å². The van der Waals surface area contributed by atoms with Gasteiger partial charge in [0.2, 0.25) is 0 Å². The maximum absolute atomic E-state index is 9.61. The maximum Gasteiger partial charge on any atom is 0.291 e. The first-order valence-corrected chi connectivity index (χ1v) is 10.1. The van der Waals surface area contributed by atoms with Gasteiger partial charge in [-0.25, -0.2) is 0 Å². The molecule has 1 unspecified atom stereocenters. The van der Waals surface area contributed by atoms with Crippen LogP contribution < -0.4 is 4.52 Å². The summed E-state index contributed by atoms with van der Waals surface area (Å²) in [5.74, 6) is 1.15. The van der Waals surface area contributed by atoms with Crippen LogP contribution in [0, 0.1) is 0 Å². The van der Waals surface area contributed by atoms with E-state index in [0.29, 0.717) is 11.7 Å². The molecule has 1 atom stereocenters. The van der Waals surface area contributed by atoms with E-state index in [1.54, 1.807) is 0 Å². The minimum atomic E-state index is -2.96. The summed E-state index contributed by atoms with van der Waals surface area (Å²) in [4.78, 5) is 9.61. The van der Waals surface area contributed by atoms with Crippen LogP contribution in [0.15, 0.2) is 24.3 Å². The number of thiol groups is 1. The Labute approximate surface area is 120 Å². The maximum atomic E-state index is 9.61. The summed E-state index contributed by atoms with van der Waals surface area (Å²) in [6.07, 6.45) is 4.50. The highest BCUT2D eigenvalue weighted by molar-refractivity contribution is 8.59. The van der Waals surface area contributed by atoms with Crippen LogP contribution in [0.3, 0.4) is 0 Å². The minimum absolute atomic E-state index is 0.464. The monoisotopic (exact) mass is 304 g/mol. The molecule has 1 rings (SSSR count). The molecule has 0 radical (unpaired) electrons. The van der Waals surface area contributed by atoms with Crippen LogP contribution in [0.2, 0.25) is 0 Å². The van der Waals surface area contributed by atoms with Gasteiger partial charge in [0.15, 0.2) is 0 Å². The summed E-state index contributed by atoms with van der Waals surface area (Å²) in [6, 6.07) is 7.82. The fourth-order valence-corrected chi connectivity index (χ4v) is 3.11. The van der Waals surface area contributed by atoms with Crippen LogP contribution in [0.4, 0.5) is 0 Å². The molecule has 0 aliphatic rings. The van der Waals surface area contributed by atoms with Gasteiger partial charge in [-0.1, -0.05) is 57.1 Å². The van der Waals surface area contributed by atoms with E-state index in [0.717, 1.165) is 31.2 Å². The Morgan fingerprint density at radius 3 is 2.33 bits per heavy atom. The largest absolute Gasteiger partial charge is 0.436 e. The van der Waals surface area contributed by atoms with Crippen LogP contribution in [-0.2, 0) is 11.8 Å². The second-order valence-electron chi connectivity index (χ2n) is 4.39. The highest BCUT2D eigenvalue weighted by Crippen LogP contribution is 2.49. The van der Waals surface area contributed by atoms with Crippen LogP contribution >= 0.6 is 17.9 Å². The van der Waals surface area contributed by atoms with E-state index < -0.39 is 5.69 Å². The van der Waals surface area contributed by atoms with Gasteiger partial charge >= 0.3 is 0 Å². The summed E-state index contributed by atoms with van der Waals surface area (Å²) >= 11 is 8.80. The second kappa shape index (κ2) is 7.54. The Bertz CT molecular complexity index is 411. The summed E-state index contributed by atoms with van der Waals surface area (Å²) in [6.45, 7) is 4.36. The van der Waals surface area contributed by atoms with Crippen molar-refractivity contribution in [2.75, 3.05) is 0 Å². The van der Waals surface area contributed by atoms with Crippen molar-refractivity contribution < 1.29 is 9.42 Å². The average Bonchev–Trinajstić information content (AvgIpc) is 2.27. The molecule has 0 saturated carbocycles. The van der Waals surface area contributed by atoms with Crippen molar-refractivity contribution in [1.29, 1.82) is 0 Å². The molecule has 0 spiro atoms. The third-order valence-corrected chi connectivity index (χ3v) is 3.75. The fraction of sp³-hybridized carbons (Fsp3) is 0.538. The van der Waals surface area contributed by atoms with E-state index in [4.69, 9.17) is 16.3 Å². The smallest absolute Gasteiger partial charge is 0.291 e. The number of para-hydroxylation sites is 1. The van der Waals surface area contributed by atoms with Crippen LogP contribution in [0.5, 0.6) is 5.75 Å². The Balaban J connectivity index is 3.01. The van der Waals surface area contributed by atoms with Crippen molar-refractivity contribution in [1.82, 2.24) is 0 Å². The number of hydrogen-bond acceptors (Lipinski definition) is 2. The standard InChI is InChI=1S/C13H21O2PS2/c1-3-7-11(8-4-2)12-9-5-6-10-13(12)15-16(14,17)18/h5-6,9-11H,3-4,7-8H2,1-2H3,(H2,14,17,18). The molecule has 0 heterocycles. The van der Waals surface area contributed by atoms with E-state index in [2.05, 4.69) is 32.2 Å². The molecule has 0 aromatic heterocycles. The summed E-state index contributed by atoms with van der Waals surface area (Å²) in [7, 11) is 0. The van der Waals surface area contributed by atoms with Crippen LogP contribution in [0.1, 0.15) is 51.0 Å². The van der Waals surface area contributed by atoms with Gasteiger partial charge in [-0.3, -0.25) is 0 Å². The van der Waals surface area contributed by atoms with E-state index in [9.17, 15) is 4.89 Å². The molecule has 2 nitrogen and oxygen atoms in total. The zero-order chi connectivity index (χ0) is 13.6. The molecular weight excluding hydrogens is 283 g/mol. The van der Waals surface area contributed by atoms with Gasteiger partial charge in [0.1, 0.15) is 5.75 Å². The van der Waals surface area contributed by atoms with Gasteiger partial charge in [0, 0.05) is 0 Å². The zero-order valence-electron chi connectivity index (χ0n) is 10.9. The fourth-order valence-electron chi connectivity index (χ4n) is 2.18. The molecule has 18 heavy (non-hydrogen) atoms. The molecule has 0 amide bonds. The lowest BCUT2D eigenvalue weighted by Gasteiger charge is -2.21. The molecule has 5 heteroatoms. The Morgan fingerprint density at radius 1 is 1.28 bits per heavy atom. The molecule has 0 fully saturated rings. The first-order valence-electron chi connectivity index (χ1n) is 6.32. The molecule has 0 saturated heterocycles. The molecule has 0 aliphatic carbocycles. The van der Waals surface area contributed by atoms with E-state index in [-0.39, 0.29) is 0 Å². The van der Waals surface area contributed by atoms with Crippen LogP contribution in [-0.4, -0.2) is 4.89 Å². The van der Waals surface area contributed by atoms with Crippen molar-refractivity contribution in [2.24, 2.45) is 0 Å². The molecule has 0 bridgehead atoms.